The van der Waals surface area contributed by atoms with Crippen LogP contribution in [0, 0.1) is 0 Å². The highest BCUT2D eigenvalue weighted by atomic mass is 16.1. The first-order chi connectivity index (χ1) is 13.2. The van der Waals surface area contributed by atoms with Gasteiger partial charge in [-0.2, -0.15) is 0 Å². The van der Waals surface area contributed by atoms with Gasteiger partial charge in [-0.1, -0.05) is 48.5 Å². The van der Waals surface area contributed by atoms with Crippen molar-refractivity contribution >= 4 is 16.6 Å². The number of aromatic nitrogens is 2. The molecule has 0 saturated carbocycles. The van der Waals surface area contributed by atoms with Crippen LogP contribution < -0.4 is 5.56 Å². The van der Waals surface area contributed by atoms with E-state index in [1.807, 2.05) is 61.5 Å². The lowest BCUT2D eigenvalue weighted by molar-refractivity contribution is 0.104. The van der Waals surface area contributed by atoms with Crippen LogP contribution in [-0.4, -0.2) is 15.3 Å². The molecule has 0 N–H and O–H groups in total. The highest BCUT2D eigenvalue weighted by Gasteiger charge is 2.33. The molecule has 2 aromatic heterocycles. The Morgan fingerprint density at radius 2 is 1.56 bits per heavy atom. The zero-order valence-corrected chi connectivity index (χ0v) is 14.7. The van der Waals surface area contributed by atoms with E-state index in [-0.39, 0.29) is 17.4 Å². The van der Waals surface area contributed by atoms with Crippen LogP contribution in [0.15, 0.2) is 77.9 Å². The normalized spacial score (nSPS) is 13.4. The molecule has 2 heterocycles. The van der Waals surface area contributed by atoms with Gasteiger partial charge in [0.15, 0.2) is 5.78 Å². The topological polar surface area (TPSA) is 52.0 Å². The Labute approximate surface area is 155 Å². The van der Waals surface area contributed by atoms with Crippen molar-refractivity contribution in [3.05, 3.63) is 100 Å². The fraction of sp³-hybridized carbons (Fsp3) is 0.0870. The Hall–Kier alpha value is -3.53. The smallest absolute Gasteiger partial charge is 0.259 e. The maximum Gasteiger partial charge on any atom is 0.259 e. The maximum absolute atomic E-state index is 13.5. The largest absolute Gasteiger partial charge is 0.300 e. The van der Waals surface area contributed by atoms with Crippen LogP contribution >= 0.6 is 0 Å². The second kappa shape index (κ2) is 5.74. The average Bonchev–Trinajstić information content (AvgIpc) is 3.02. The third-order valence-electron chi connectivity index (χ3n) is 5.33. The van der Waals surface area contributed by atoms with Crippen molar-refractivity contribution in [1.82, 2.24) is 9.55 Å². The summed E-state index contributed by atoms with van der Waals surface area (Å²) in [7, 11) is 0. The SMILES string of the molecule is CC(c1cccnc1)n1c2c(c3ccccc3c1=O)C(=O)c1ccccc1-2. The van der Waals surface area contributed by atoms with Crippen LogP contribution in [0.5, 0.6) is 0 Å². The lowest BCUT2D eigenvalue weighted by Gasteiger charge is -2.21. The number of ketones is 1. The van der Waals surface area contributed by atoms with Gasteiger partial charge in [-0.3, -0.25) is 19.1 Å². The Balaban J connectivity index is 1.95. The van der Waals surface area contributed by atoms with E-state index < -0.39 is 0 Å². The molecule has 1 aliphatic rings. The summed E-state index contributed by atoms with van der Waals surface area (Å²) in [5.74, 6) is -0.0241. The summed E-state index contributed by atoms with van der Waals surface area (Å²) in [4.78, 5) is 30.8. The van der Waals surface area contributed by atoms with Crippen molar-refractivity contribution in [1.29, 1.82) is 0 Å². The summed E-state index contributed by atoms with van der Waals surface area (Å²) in [6.07, 6.45) is 3.48. The Bertz CT molecular complexity index is 1270. The predicted molar refractivity (Wildman–Crippen MR) is 105 cm³/mol. The third kappa shape index (κ3) is 2.13. The zero-order valence-electron chi connectivity index (χ0n) is 14.7. The molecular formula is C23H16N2O2. The number of hydrogen-bond donors (Lipinski definition) is 0. The lowest BCUT2D eigenvalue weighted by atomic mass is 10.0. The van der Waals surface area contributed by atoms with Gasteiger partial charge in [0.2, 0.25) is 0 Å². The molecule has 4 aromatic rings. The number of hydrogen-bond acceptors (Lipinski definition) is 3. The number of rotatable bonds is 2. The first kappa shape index (κ1) is 15.7. The maximum atomic E-state index is 13.5. The molecule has 0 saturated heterocycles. The van der Waals surface area contributed by atoms with Crippen molar-refractivity contribution in [2.45, 2.75) is 13.0 Å². The Morgan fingerprint density at radius 3 is 2.30 bits per heavy atom. The van der Waals surface area contributed by atoms with E-state index in [0.717, 1.165) is 11.1 Å². The molecule has 0 amide bonds. The van der Waals surface area contributed by atoms with Crippen molar-refractivity contribution in [3.8, 4) is 11.3 Å². The Kier molecular flexibility index (Phi) is 3.34. The minimum atomic E-state index is -0.247. The molecule has 1 atom stereocenters. The molecule has 27 heavy (non-hydrogen) atoms. The summed E-state index contributed by atoms with van der Waals surface area (Å²) >= 11 is 0. The second-order valence-corrected chi connectivity index (χ2v) is 6.78. The van der Waals surface area contributed by atoms with Crippen LogP contribution in [-0.2, 0) is 0 Å². The molecule has 0 radical (unpaired) electrons. The highest BCUT2D eigenvalue weighted by molar-refractivity contribution is 6.26. The van der Waals surface area contributed by atoms with E-state index in [1.165, 1.54) is 0 Å². The molecule has 0 aliphatic heterocycles. The minimum Gasteiger partial charge on any atom is -0.300 e. The molecule has 0 bridgehead atoms. The van der Waals surface area contributed by atoms with Crippen LogP contribution in [0.2, 0.25) is 0 Å². The molecule has 5 rings (SSSR count). The van der Waals surface area contributed by atoms with Crippen molar-refractivity contribution in [2.75, 3.05) is 0 Å². The van der Waals surface area contributed by atoms with Crippen LogP contribution in [0.25, 0.3) is 22.0 Å². The van der Waals surface area contributed by atoms with Gasteiger partial charge in [0.1, 0.15) is 0 Å². The van der Waals surface area contributed by atoms with Gasteiger partial charge in [0.25, 0.3) is 5.56 Å². The summed E-state index contributed by atoms with van der Waals surface area (Å²) in [6, 6.07) is 18.4. The molecule has 1 unspecified atom stereocenters. The summed E-state index contributed by atoms with van der Waals surface area (Å²) in [5.41, 5.74) is 3.61. The number of carbonyl (C=O) groups is 1. The highest BCUT2D eigenvalue weighted by Crippen LogP contribution is 2.40. The van der Waals surface area contributed by atoms with Gasteiger partial charge in [-0.25, -0.2) is 0 Å². The van der Waals surface area contributed by atoms with E-state index in [0.29, 0.717) is 27.6 Å². The molecule has 4 nitrogen and oxygen atoms in total. The summed E-state index contributed by atoms with van der Waals surface area (Å²) in [6.45, 7) is 1.97. The number of fused-ring (bicyclic) bond motifs is 5. The predicted octanol–water partition coefficient (Wildman–Crippen LogP) is 4.22. The van der Waals surface area contributed by atoms with Gasteiger partial charge < -0.3 is 0 Å². The van der Waals surface area contributed by atoms with Crippen molar-refractivity contribution in [3.63, 3.8) is 0 Å². The van der Waals surface area contributed by atoms with Gasteiger partial charge in [0, 0.05) is 34.3 Å². The summed E-state index contributed by atoms with van der Waals surface area (Å²) < 4.78 is 1.75. The van der Waals surface area contributed by atoms with Gasteiger partial charge in [-0.05, 0) is 24.6 Å². The molecule has 0 spiro atoms. The van der Waals surface area contributed by atoms with Crippen molar-refractivity contribution in [2.24, 2.45) is 0 Å². The monoisotopic (exact) mass is 352 g/mol. The first-order valence-electron chi connectivity index (χ1n) is 8.89. The third-order valence-corrected chi connectivity index (χ3v) is 5.33. The second-order valence-electron chi connectivity index (χ2n) is 6.78. The van der Waals surface area contributed by atoms with Crippen LogP contribution in [0.3, 0.4) is 0 Å². The van der Waals surface area contributed by atoms with Gasteiger partial charge >= 0.3 is 0 Å². The molecular weight excluding hydrogens is 336 g/mol. The average molecular weight is 352 g/mol. The Morgan fingerprint density at radius 1 is 0.852 bits per heavy atom. The van der Waals surface area contributed by atoms with E-state index in [2.05, 4.69) is 4.98 Å². The standard InChI is InChI=1S/C23H16N2O2/c1-14(15-7-6-12-24-13-15)25-21-17-9-3-4-10-18(17)22(26)20(21)16-8-2-5-11-19(16)23(25)27/h2-14H,1H3. The number of pyridine rings is 2. The van der Waals surface area contributed by atoms with E-state index in [9.17, 15) is 9.59 Å². The minimum absolute atomic E-state index is 0.0241. The zero-order chi connectivity index (χ0) is 18.5. The van der Waals surface area contributed by atoms with Gasteiger partial charge in [0.05, 0.1) is 17.3 Å². The first-order valence-corrected chi connectivity index (χ1v) is 8.89. The van der Waals surface area contributed by atoms with E-state index >= 15 is 0 Å². The summed E-state index contributed by atoms with van der Waals surface area (Å²) in [5, 5.41) is 1.28. The van der Waals surface area contributed by atoms with E-state index in [1.54, 1.807) is 23.0 Å². The fourth-order valence-corrected chi connectivity index (χ4v) is 4.03. The fourth-order valence-electron chi connectivity index (χ4n) is 4.03. The van der Waals surface area contributed by atoms with Crippen molar-refractivity contribution < 1.29 is 4.79 Å². The molecule has 130 valence electrons. The number of nitrogens with zero attached hydrogens (tertiary/aromatic N) is 2. The number of benzene rings is 2. The quantitative estimate of drug-likeness (QED) is 0.478. The van der Waals surface area contributed by atoms with Gasteiger partial charge in [-0.15, -0.1) is 0 Å². The molecule has 2 aromatic carbocycles. The van der Waals surface area contributed by atoms with Crippen LogP contribution in [0.1, 0.15) is 34.5 Å². The van der Waals surface area contributed by atoms with E-state index in [4.69, 9.17) is 0 Å². The molecule has 4 heteroatoms. The number of carbonyl (C=O) groups excluding carboxylic acids is 1. The molecule has 1 aliphatic carbocycles. The lowest BCUT2D eigenvalue weighted by Crippen LogP contribution is -2.26. The van der Waals surface area contributed by atoms with Crippen LogP contribution in [0.4, 0.5) is 0 Å². The molecule has 0 fully saturated rings.